The van der Waals surface area contributed by atoms with Crippen LogP contribution in [0, 0.1) is 32.1 Å². The molecule has 0 bridgehead atoms. The van der Waals surface area contributed by atoms with Crippen molar-refractivity contribution < 1.29 is 5.11 Å². The van der Waals surface area contributed by atoms with E-state index in [2.05, 4.69) is 26.6 Å². The van der Waals surface area contributed by atoms with Crippen LogP contribution in [-0.4, -0.2) is 42.6 Å². The molecule has 0 radical (unpaired) electrons. The van der Waals surface area contributed by atoms with Gasteiger partial charge >= 0.3 is 0 Å². The fourth-order valence-corrected chi connectivity index (χ4v) is 3.72. The molecule has 146 valence electrons. The van der Waals surface area contributed by atoms with Gasteiger partial charge in [0.2, 0.25) is 0 Å². The van der Waals surface area contributed by atoms with Crippen LogP contribution in [0.2, 0.25) is 5.02 Å². The molecule has 28 heavy (non-hydrogen) atoms. The highest BCUT2D eigenvalue weighted by molar-refractivity contribution is 6.34. The van der Waals surface area contributed by atoms with Crippen LogP contribution in [0.4, 0.5) is 5.82 Å². The normalized spacial score (nSPS) is 15.0. The molecule has 3 aromatic heterocycles. The average molecular weight is 400 g/mol. The third-order valence-electron chi connectivity index (χ3n) is 5.39. The Morgan fingerprint density at radius 1 is 1.32 bits per heavy atom. The number of aliphatic hydroxyl groups excluding tert-OH is 1. The van der Waals surface area contributed by atoms with Crippen LogP contribution in [-0.2, 0) is 12.0 Å². The van der Waals surface area contributed by atoms with Gasteiger partial charge in [-0.1, -0.05) is 11.6 Å². The first-order chi connectivity index (χ1) is 13.4. The maximum atomic E-state index is 9.63. The maximum absolute atomic E-state index is 9.63. The van der Waals surface area contributed by atoms with Gasteiger partial charge in [0.15, 0.2) is 5.65 Å². The number of aliphatic hydroxyl groups is 1. The lowest BCUT2D eigenvalue weighted by Crippen LogP contribution is -2.24. The molecular weight excluding hydrogens is 378 g/mol. The van der Waals surface area contributed by atoms with Crippen molar-refractivity contribution in [2.24, 2.45) is 0 Å². The predicted octanol–water partition coefficient (Wildman–Crippen LogP) is 2.51. The highest BCUT2D eigenvalue weighted by Crippen LogP contribution is 2.43. The standard InChI is InChI=1S/C19H22ClN7O/c1-11-8-14(25-27(11)19(10-28)5-6-19)4-7-22-17-15(9-21)13(3)26-18(23-17)16(20)12(2)24-26/h8,28H,4-7,10H2,1-3H3,(H,22,23). The monoisotopic (exact) mass is 399 g/mol. The summed E-state index contributed by atoms with van der Waals surface area (Å²) in [6.07, 6.45) is 2.60. The zero-order valence-corrected chi connectivity index (χ0v) is 16.9. The Labute approximate surface area is 167 Å². The van der Waals surface area contributed by atoms with Gasteiger partial charge in [-0.25, -0.2) is 9.50 Å². The van der Waals surface area contributed by atoms with E-state index < -0.39 is 0 Å². The average Bonchev–Trinajstić information content (AvgIpc) is 3.31. The fraction of sp³-hybridized carbons (Fsp3) is 0.474. The number of hydrogen-bond donors (Lipinski definition) is 2. The highest BCUT2D eigenvalue weighted by Gasteiger charge is 2.45. The minimum atomic E-state index is -0.204. The lowest BCUT2D eigenvalue weighted by Gasteiger charge is -2.14. The first-order valence-electron chi connectivity index (χ1n) is 9.26. The summed E-state index contributed by atoms with van der Waals surface area (Å²) in [4.78, 5) is 4.52. The Morgan fingerprint density at radius 2 is 2.07 bits per heavy atom. The molecule has 0 atom stereocenters. The van der Waals surface area contributed by atoms with Crippen molar-refractivity contribution in [1.82, 2.24) is 24.4 Å². The van der Waals surface area contributed by atoms with Gasteiger partial charge in [0.25, 0.3) is 0 Å². The quantitative estimate of drug-likeness (QED) is 0.660. The van der Waals surface area contributed by atoms with Crippen LogP contribution in [0.5, 0.6) is 0 Å². The molecule has 0 aliphatic heterocycles. The smallest absolute Gasteiger partial charge is 0.176 e. The van der Waals surface area contributed by atoms with E-state index in [1.807, 2.05) is 31.5 Å². The van der Waals surface area contributed by atoms with Gasteiger partial charge < -0.3 is 10.4 Å². The number of aryl methyl sites for hydroxylation is 3. The molecule has 3 aromatic rings. The SMILES string of the molecule is Cc1nn2c(C)c(C#N)c(NCCc3cc(C)n(C4(CO)CC4)n3)nc2c1Cl. The first kappa shape index (κ1) is 18.7. The Hall–Kier alpha value is -2.63. The third-order valence-corrected chi connectivity index (χ3v) is 5.84. The molecule has 0 saturated heterocycles. The van der Waals surface area contributed by atoms with Crippen LogP contribution in [0.15, 0.2) is 6.07 Å². The van der Waals surface area contributed by atoms with E-state index in [0.717, 1.165) is 24.2 Å². The summed E-state index contributed by atoms with van der Waals surface area (Å²) in [7, 11) is 0. The summed E-state index contributed by atoms with van der Waals surface area (Å²) in [6.45, 7) is 6.35. The summed E-state index contributed by atoms with van der Waals surface area (Å²) in [5.41, 5.74) is 4.16. The van der Waals surface area contributed by atoms with Crippen molar-refractivity contribution in [3.8, 4) is 6.07 Å². The first-order valence-corrected chi connectivity index (χ1v) is 9.64. The number of anilines is 1. The van der Waals surface area contributed by atoms with Gasteiger partial charge in [-0.15, -0.1) is 0 Å². The molecule has 1 fully saturated rings. The largest absolute Gasteiger partial charge is 0.394 e. The zero-order valence-electron chi connectivity index (χ0n) is 16.1. The molecular formula is C19H22ClN7O. The highest BCUT2D eigenvalue weighted by atomic mass is 35.5. The second kappa shape index (κ2) is 6.76. The van der Waals surface area contributed by atoms with E-state index in [9.17, 15) is 10.4 Å². The Balaban J connectivity index is 1.54. The maximum Gasteiger partial charge on any atom is 0.176 e. The van der Waals surface area contributed by atoms with E-state index in [0.29, 0.717) is 46.4 Å². The Bertz CT molecular complexity index is 1100. The van der Waals surface area contributed by atoms with Crippen molar-refractivity contribution in [1.29, 1.82) is 5.26 Å². The second-order valence-corrected chi connectivity index (χ2v) is 7.79. The second-order valence-electron chi connectivity index (χ2n) is 7.42. The summed E-state index contributed by atoms with van der Waals surface area (Å²) in [5, 5.41) is 32.0. The van der Waals surface area contributed by atoms with Crippen molar-refractivity contribution >= 4 is 23.1 Å². The minimum Gasteiger partial charge on any atom is -0.394 e. The summed E-state index contributed by atoms with van der Waals surface area (Å²) < 4.78 is 3.56. The summed E-state index contributed by atoms with van der Waals surface area (Å²) in [5.74, 6) is 0.500. The van der Waals surface area contributed by atoms with Gasteiger partial charge in [-0.2, -0.15) is 15.5 Å². The zero-order chi connectivity index (χ0) is 20.1. The molecule has 0 aromatic carbocycles. The topological polar surface area (TPSA) is 104 Å². The molecule has 2 N–H and O–H groups in total. The molecule has 9 heteroatoms. The molecule has 0 amide bonds. The minimum absolute atomic E-state index is 0.119. The van der Waals surface area contributed by atoms with E-state index in [1.165, 1.54) is 0 Å². The number of aromatic nitrogens is 5. The van der Waals surface area contributed by atoms with Crippen molar-refractivity contribution in [2.75, 3.05) is 18.5 Å². The molecule has 8 nitrogen and oxygen atoms in total. The molecule has 4 rings (SSSR count). The lowest BCUT2D eigenvalue weighted by atomic mass is 10.2. The fourth-order valence-electron chi connectivity index (χ4n) is 3.56. The van der Waals surface area contributed by atoms with E-state index in [1.54, 1.807) is 4.52 Å². The molecule has 1 aliphatic rings. The summed E-state index contributed by atoms with van der Waals surface area (Å²) >= 11 is 6.30. The lowest BCUT2D eigenvalue weighted by molar-refractivity contribution is 0.200. The number of nitrogens with one attached hydrogen (secondary N) is 1. The number of halogens is 1. The Morgan fingerprint density at radius 3 is 2.71 bits per heavy atom. The molecule has 3 heterocycles. The van der Waals surface area contributed by atoms with Crippen molar-refractivity contribution in [3.05, 3.63) is 39.4 Å². The molecule has 0 spiro atoms. The van der Waals surface area contributed by atoms with E-state index >= 15 is 0 Å². The predicted molar refractivity (Wildman–Crippen MR) is 106 cm³/mol. The number of fused-ring (bicyclic) bond motifs is 1. The summed E-state index contributed by atoms with van der Waals surface area (Å²) in [6, 6.07) is 4.25. The van der Waals surface area contributed by atoms with Crippen LogP contribution in [0.1, 0.15) is 41.2 Å². The third kappa shape index (κ3) is 2.91. The molecule has 1 aliphatic carbocycles. The number of nitrogens with zero attached hydrogens (tertiary/aromatic N) is 6. The van der Waals surface area contributed by atoms with Gasteiger partial charge in [0.1, 0.15) is 22.5 Å². The van der Waals surface area contributed by atoms with Gasteiger partial charge in [0.05, 0.1) is 29.2 Å². The van der Waals surface area contributed by atoms with Gasteiger partial charge in [0, 0.05) is 18.7 Å². The van der Waals surface area contributed by atoms with Crippen LogP contribution in [0.3, 0.4) is 0 Å². The van der Waals surface area contributed by atoms with Crippen LogP contribution in [0.25, 0.3) is 5.65 Å². The number of nitriles is 1. The number of rotatable bonds is 6. The molecule has 1 saturated carbocycles. The van der Waals surface area contributed by atoms with Crippen LogP contribution >= 0.6 is 11.6 Å². The van der Waals surface area contributed by atoms with Gasteiger partial charge in [-0.3, -0.25) is 4.68 Å². The van der Waals surface area contributed by atoms with E-state index in [4.69, 9.17) is 11.6 Å². The van der Waals surface area contributed by atoms with E-state index in [-0.39, 0.29) is 12.1 Å². The van der Waals surface area contributed by atoms with Crippen LogP contribution < -0.4 is 5.32 Å². The number of hydrogen-bond acceptors (Lipinski definition) is 6. The Kier molecular flexibility index (Phi) is 4.52. The van der Waals surface area contributed by atoms with Gasteiger partial charge in [-0.05, 0) is 39.7 Å². The van der Waals surface area contributed by atoms with Crippen molar-refractivity contribution in [3.63, 3.8) is 0 Å². The molecule has 0 unspecified atom stereocenters. The van der Waals surface area contributed by atoms with Crippen molar-refractivity contribution in [2.45, 2.75) is 45.6 Å².